The second-order valence-electron chi connectivity index (χ2n) is 4.53. The Morgan fingerprint density at radius 3 is 2.95 bits per heavy atom. The van der Waals surface area contributed by atoms with Crippen LogP contribution >= 0.6 is 0 Å². The normalized spacial score (nSPS) is 27.6. The molecule has 2 unspecified atom stereocenters. The van der Waals surface area contributed by atoms with Gasteiger partial charge < -0.3 is 9.84 Å². The fourth-order valence-corrected chi connectivity index (χ4v) is 2.92. The monoisotopic (exact) mass is 290 g/mol. The summed E-state index contributed by atoms with van der Waals surface area (Å²) in [5, 5.41) is 10.2. The van der Waals surface area contributed by atoms with Gasteiger partial charge in [-0.05, 0) is 13.0 Å². The minimum absolute atomic E-state index is 0.187. The molecule has 1 saturated heterocycles. The number of halogens is 1. The zero-order valence-electron chi connectivity index (χ0n) is 10.3. The highest BCUT2D eigenvalue weighted by molar-refractivity contribution is 7.89. The average molecular weight is 290 g/mol. The molecule has 1 aliphatic heterocycles. The average Bonchev–Trinajstić information content (AvgIpc) is 2.68. The van der Waals surface area contributed by atoms with Crippen LogP contribution in [-0.2, 0) is 14.8 Å². The molecule has 1 aromatic rings. The second kappa shape index (κ2) is 5.12. The van der Waals surface area contributed by atoms with E-state index in [1.165, 1.54) is 0 Å². The van der Waals surface area contributed by atoms with Crippen molar-refractivity contribution in [2.24, 2.45) is 0 Å². The molecular weight excluding hydrogens is 275 g/mol. The number of sulfonamides is 1. The summed E-state index contributed by atoms with van der Waals surface area (Å²) in [6.07, 6.45) is 1.85. The van der Waals surface area contributed by atoms with Crippen molar-refractivity contribution in [3.05, 3.63) is 24.3 Å². The van der Waals surface area contributed by atoms with Crippen LogP contribution in [0.3, 0.4) is 0 Å². The van der Waals surface area contributed by atoms with Crippen LogP contribution in [0.4, 0.5) is 4.39 Å². The van der Waals surface area contributed by atoms with E-state index >= 15 is 0 Å². The second-order valence-corrected chi connectivity index (χ2v) is 6.30. The van der Waals surface area contributed by atoms with Crippen LogP contribution in [-0.4, -0.2) is 43.4 Å². The lowest BCUT2D eigenvalue weighted by Gasteiger charge is -2.25. The molecule has 2 rings (SSSR count). The highest BCUT2D eigenvalue weighted by Gasteiger charge is 2.40. The van der Waals surface area contributed by atoms with Crippen LogP contribution in [0.25, 0.3) is 0 Å². The molecule has 0 spiro atoms. The number of nitrogens with one attached hydrogen (secondary N) is 1. The van der Waals surface area contributed by atoms with E-state index < -0.39 is 27.5 Å². The van der Waals surface area contributed by atoms with Gasteiger partial charge in [0.25, 0.3) is 0 Å². The molecule has 2 atom stereocenters. The van der Waals surface area contributed by atoms with E-state index in [0.29, 0.717) is 13.0 Å². The highest BCUT2D eigenvalue weighted by atomic mass is 32.2. The van der Waals surface area contributed by atoms with Crippen LogP contribution in [0, 0.1) is 5.82 Å². The van der Waals surface area contributed by atoms with Crippen LogP contribution in [0.5, 0.6) is 0 Å². The number of aliphatic hydroxyl groups is 1. The van der Waals surface area contributed by atoms with Crippen molar-refractivity contribution in [1.82, 2.24) is 9.71 Å². The van der Waals surface area contributed by atoms with Gasteiger partial charge in [-0.25, -0.2) is 17.5 Å². The van der Waals surface area contributed by atoms with Crippen LogP contribution in [0.2, 0.25) is 0 Å². The first-order valence-corrected chi connectivity index (χ1v) is 7.26. The quantitative estimate of drug-likeness (QED) is 0.817. The van der Waals surface area contributed by atoms with Crippen LogP contribution in [0.15, 0.2) is 23.4 Å². The third-order valence-corrected chi connectivity index (χ3v) is 4.59. The number of aromatic nitrogens is 1. The maximum absolute atomic E-state index is 13.0. The van der Waals surface area contributed by atoms with E-state index in [1.54, 1.807) is 6.92 Å². The Morgan fingerprint density at radius 2 is 2.37 bits per heavy atom. The van der Waals surface area contributed by atoms with Crippen molar-refractivity contribution >= 4 is 10.0 Å². The molecule has 106 valence electrons. The summed E-state index contributed by atoms with van der Waals surface area (Å²) in [6, 6.07) is 0.869. The van der Waals surface area contributed by atoms with Gasteiger partial charge in [0.15, 0.2) is 0 Å². The Hall–Kier alpha value is -1.09. The Balaban J connectivity index is 2.10. The SMILES string of the molecule is CC1OCCC1(O)CNS(=O)(=O)c1cncc(F)c1. The Kier molecular flexibility index (Phi) is 3.86. The number of rotatable bonds is 4. The highest BCUT2D eigenvalue weighted by Crippen LogP contribution is 2.25. The van der Waals surface area contributed by atoms with E-state index in [2.05, 4.69) is 9.71 Å². The molecular formula is C11H15FN2O4S. The molecule has 0 aliphatic carbocycles. The van der Waals surface area contributed by atoms with E-state index in [1.807, 2.05) is 0 Å². The summed E-state index contributed by atoms with van der Waals surface area (Å²) in [5.74, 6) is -0.737. The van der Waals surface area contributed by atoms with Crippen molar-refractivity contribution in [2.75, 3.05) is 13.2 Å². The lowest BCUT2D eigenvalue weighted by Crippen LogP contribution is -2.47. The minimum Gasteiger partial charge on any atom is -0.386 e. The zero-order valence-corrected chi connectivity index (χ0v) is 11.2. The first kappa shape index (κ1) is 14.3. The Bertz CT molecular complexity index is 566. The standard InChI is InChI=1S/C11H15FN2O4S/c1-8-11(15,2-3-18-8)7-14-19(16,17)10-4-9(12)5-13-6-10/h4-6,8,14-15H,2-3,7H2,1H3. The maximum atomic E-state index is 13.0. The molecule has 1 aliphatic rings. The minimum atomic E-state index is -3.90. The first-order valence-electron chi connectivity index (χ1n) is 5.78. The lowest BCUT2D eigenvalue weighted by molar-refractivity contribution is -0.0228. The van der Waals surface area contributed by atoms with Crippen molar-refractivity contribution in [3.8, 4) is 0 Å². The summed E-state index contributed by atoms with van der Waals surface area (Å²) in [4.78, 5) is 3.21. The van der Waals surface area contributed by atoms with Gasteiger partial charge in [-0.3, -0.25) is 4.98 Å². The summed E-state index contributed by atoms with van der Waals surface area (Å²) in [7, 11) is -3.90. The predicted octanol–water partition coefficient (Wildman–Crippen LogP) is 0.0389. The molecule has 2 heterocycles. The molecule has 0 radical (unpaired) electrons. The molecule has 2 N–H and O–H groups in total. The largest absolute Gasteiger partial charge is 0.386 e. The van der Waals surface area contributed by atoms with E-state index in [0.717, 1.165) is 18.5 Å². The van der Waals surface area contributed by atoms with Gasteiger partial charge in [0.2, 0.25) is 10.0 Å². The molecule has 1 fully saturated rings. The third kappa shape index (κ3) is 3.08. The zero-order chi connectivity index (χ0) is 14.1. The van der Waals surface area contributed by atoms with E-state index in [4.69, 9.17) is 4.74 Å². The molecule has 0 amide bonds. The number of ether oxygens (including phenoxy) is 1. The summed E-state index contributed by atoms with van der Waals surface area (Å²) in [6.45, 7) is 1.86. The van der Waals surface area contributed by atoms with Gasteiger partial charge in [0.05, 0.1) is 12.3 Å². The smallest absolute Gasteiger partial charge is 0.242 e. The summed E-state index contributed by atoms with van der Waals surface area (Å²) in [5.41, 5.74) is -1.24. The Labute approximate surface area is 110 Å². The van der Waals surface area contributed by atoms with Crippen molar-refractivity contribution in [3.63, 3.8) is 0 Å². The molecule has 1 aromatic heterocycles. The van der Waals surface area contributed by atoms with Gasteiger partial charge >= 0.3 is 0 Å². The summed E-state index contributed by atoms with van der Waals surface area (Å²) >= 11 is 0. The molecule has 0 bridgehead atoms. The maximum Gasteiger partial charge on any atom is 0.242 e. The van der Waals surface area contributed by atoms with Crippen LogP contribution < -0.4 is 4.72 Å². The van der Waals surface area contributed by atoms with Gasteiger partial charge in [0, 0.05) is 25.8 Å². The van der Waals surface area contributed by atoms with Gasteiger partial charge in [-0.2, -0.15) is 0 Å². The molecule has 8 heteroatoms. The first-order chi connectivity index (χ1) is 8.83. The molecule has 19 heavy (non-hydrogen) atoms. The lowest BCUT2D eigenvalue weighted by atomic mass is 9.97. The fourth-order valence-electron chi connectivity index (χ4n) is 1.85. The topological polar surface area (TPSA) is 88.5 Å². The van der Waals surface area contributed by atoms with Crippen LogP contribution in [0.1, 0.15) is 13.3 Å². The number of pyridine rings is 1. The predicted molar refractivity (Wildman–Crippen MR) is 64.4 cm³/mol. The molecule has 0 saturated carbocycles. The fraction of sp³-hybridized carbons (Fsp3) is 0.545. The number of hydrogen-bond donors (Lipinski definition) is 2. The third-order valence-electron chi connectivity index (χ3n) is 3.22. The Morgan fingerprint density at radius 1 is 1.63 bits per heavy atom. The number of nitrogens with zero attached hydrogens (tertiary/aromatic N) is 1. The molecule has 6 nitrogen and oxygen atoms in total. The van der Waals surface area contributed by atoms with Gasteiger partial charge in [0.1, 0.15) is 16.3 Å². The molecule has 0 aromatic carbocycles. The van der Waals surface area contributed by atoms with Gasteiger partial charge in [-0.15, -0.1) is 0 Å². The van der Waals surface area contributed by atoms with Crippen molar-refractivity contribution < 1.29 is 22.7 Å². The summed E-state index contributed by atoms with van der Waals surface area (Å²) < 4.78 is 44.2. The van der Waals surface area contributed by atoms with Gasteiger partial charge in [-0.1, -0.05) is 0 Å². The van der Waals surface area contributed by atoms with Crippen molar-refractivity contribution in [2.45, 2.75) is 29.9 Å². The number of hydrogen-bond acceptors (Lipinski definition) is 5. The van der Waals surface area contributed by atoms with Crippen molar-refractivity contribution in [1.29, 1.82) is 0 Å². The van der Waals surface area contributed by atoms with E-state index in [-0.39, 0.29) is 11.4 Å². The van der Waals surface area contributed by atoms with E-state index in [9.17, 15) is 17.9 Å².